The maximum Gasteiger partial charge on any atom is 0.0412 e. The number of aromatic nitrogens is 1. The van der Waals surface area contributed by atoms with E-state index in [1.165, 1.54) is 16.8 Å². The molecule has 0 aliphatic heterocycles. The van der Waals surface area contributed by atoms with Crippen LogP contribution in [-0.2, 0) is 6.42 Å². The molecule has 21 heavy (non-hydrogen) atoms. The normalized spacial score (nSPS) is 12.2. The van der Waals surface area contributed by atoms with E-state index in [1.54, 1.807) is 0 Å². The van der Waals surface area contributed by atoms with Gasteiger partial charge in [0.25, 0.3) is 0 Å². The van der Waals surface area contributed by atoms with E-state index < -0.39 is 0 Å². The fraction of sp³-hybridized carbons (Fsp3) is 0.353. The zero-order valence-corrected chi connectivity index (χ0v) is 14.4. The Balaban J connectivity index is 2.13. The fourth-order valence-electron chi connectivity index (χ4n) is 2.34. The zero-order chi connectivity index (χ0) is 15.2. The van der Waals surface area contributed by atoms with Crippen LogP contribution in [0.5, 0.6) is 0 Å². The molecule has 1 aromatic carbocycles. The third kappa shape index (κ3) is 4.29. The summed E-state index contributed by atoms with van der Waals surface area (Å²) in [5.74, 6) is 0. The Kier molecular flexibility index (Phi) is 5.76. The summed E-state index contributed by atoms with van der Waals surface area (Å²) in [7, 11) is 4.14. The topological polar surface area (TPSA) is 28.2 Å². The molecule has 3 nitrogen and oxygen atoms in total. The molecule has 1 atom stereocenters. The van der Waals surface area contributed by atoms with Gasteiger partial charge < -0.3 is 10.2 Å². The average molecular weight is 348 g/mol. The molecule has 1 N–H and O–H groups in total. The van der Waals surface area contributed by atoms with Gasteiger partial charge in [0.1, 0.15) is 0 Å². The van der Waals surface area contributed by atoms with Gasteiger partial charge in [-0.15, -0.1) is 0 Å². The standard InChI is InChI=1S/C17H22BrN3/c1-13(19-2)16-12-15(18)4-5-17(16)21(3)11-8-14-6-9-20-10-7-14/h4-7,9-10,12-13,19H,8,11H2,1-3H3. The molecule has 0 radical (unpaired) electrons. The fourth-order valence-corrected chi connectivity index (χ4v) is 2.72. The van der Waals surface area contributed by atoms with Crippen molar-refractivity contribution in [2.24, 2.45) is 0 Å². The first-order chi connectivity index (χ1) is 10.1. The van der Waals surface area contributed by atoms with Crippen molar-refractivity contribution in [2.45, 2.75) is 19.4 Å². The number of benzene rings is 1. The van der Waals surface area contributed by atoms with Crippen LogP contribution in [-0.4, -0.2) is 25.6 Å². The third-order valence-corrected chi connectivity index (χ3v) is 4.28. The summed E-state index contributed by atoms with van der Waals surface area (Å²) in [6.07, 6.45) is 4.72. The molecule has 1 heterocycles. The Bertz CT molecular complexity index is 572. The van der Waals surface area contributed by atoms with Crippen molar-refractivity contribution in [1.29, 1.82) is 0 Å². The maximum atomic E-state index is 4.06. The van der Waals surface area contributed by atoms with E-state index in [9.17, 15) is 0 Å². The number of rotatable bonds is 6. The van der Waals surface area contributed by atoms with Crippen molar-refractivity contribution in [3.05, 3.63) is 58.3 Å². The van der Waals surface area contributed by atoms with Crippen molar-refractivity contribution < 1.29 is 0 Å². The van der Waals surface area contributed by atoms with Crippen LogP contribution < -0.4 is 10.2 Å². The Morgan fingerprint density at radius 2 is 1.95 bits per heavy atom. The molecule has 0 saturated carbocycles. The highest BCUT2D eigenvalue weighted by molar-refractivity contribution is 9.10. The summed E-state index contributed by atoms with van der Waals surface area (Å²) in [6.45, 7) is 3.16. The minimum atomic E-state index is 0.320. The largest absolute Gasteiger partial charge is 0.374 e. The van der Waals surface area contributed by atoms with Gasteiger partial charge in [-0.05, 0) is 61.9 Å². The van der Waals surface area contributed by atoms with Crippen LogP contribution in [0.15, 0.2) is 47.2 Å². The third-order valence-electron chi connectivity index (χ3n) is 3.79. The highest BCUT2D eigenvalue weighted by Gasteiger charge is 2.12. The van der Waals surface area contributed by atoms with Crippen LogP contribution in [0.2, 0.25) is 0 Å². The Labute approximate surface area is 135 Å². The predicted octanol–water partition coefficient (Wildman–Crippen LogP) is 3.80. The lowest BCUT2D eigenvalue weighted by Crippen LogP contribution is -2.24. The van der Waals surface area contributed by atoms with E-state index in [0.717, 1.165) is 17.4 Å². The molecular formula is C17H22BrN3. The first-order valence-electron chi connectivity index (χ1n) is 7.18. The molecule has 2 aromatic rings. The summed E-state index contributed by atoms with van der Waals surface area (Å²) in [5.41, 5.74) is 3.90. The van der Waals surface area contributed by atoms with Crippen LogP contribution in [0.4, 0.5) is 5.69 Å². The monoisotopic (exact) mass is 347 g/mol. The van der Waals surface area contributed by atoms with Crippen LogP contribution in [0, 0.1) is 0 Å². The molecule has 0 aliphatic rings. The molecule has 0 saturated heterocycles. The zero-order valence-electron chi connectivity index (χ0n) is 12.8. The molecule has 2 rings (SSSR count). The lowest BCUT2D eigenvalue weighted by molar-refractivity contribution is 0.649. The minimum Gasteiger partial charge on any atom is -0.374 e. The second kappa shape index (κ2) is 7.57. The number of pyridine rings is 1. The Morgan fingerprint density at radius 3 is 2.62 bits per heavy atom. The lowest BCUT2D eigenvalue weighted by Gasteiger charge is -2.25. The molecule has 0 aliphatic carbocycles. The summed E-state index contributed by atoms with van der Waals surface area (Å²) in [5, 5.41) is 3.32. The number of nitrogens with one attached hydrogen (secondary N) is 1. The van der Waals surface area contributed by atoms with E-state index >= 15 is 0 Å². The second-order valence-electron chi connectivity index (χ2n) is 5.24. The molecule has 0 spiro atoms. The molecule has 1 unspecified atom stereocenters. The molecule has 0 amide bonds. The van der Waals surface area contributed by atoms with Gasteiger partial charge in [-0.1, -0.05) is 15.9 Å². The van der Waals surface area contributed by atoms with Gasteiger partial charge in [-0.2, -0.15) is 0 Å². The van der Waals surface area contributed by atoms with Crippen LogP contribution >= 0.6 is 15.9 Å². The van der Waals surface area contributed by atoms with E-state index in [4.69, 9.17) is 0 Å². The highest BCUT2D eigenvalue weighted by Crippen LogP contribution is 2.29. The van der Waals surface area contributed by atoms with Crippen molar-refractivity contribution in [1.82, 2.24) is 10.3 Å². The highest BCUT2D eigenvalue weighted by atomic mass is 79.9. The van der Waals surface area contributed by atoms with Gasteiger partial charge in [-0.25, -0.2) is 0 Å². The number of hydrogen-bond acceptors (Lipinski definition) is 3. The van der Waals surface area contributed by atoms with Gasteiger partial charge in [0.05, 0.1) is 0 Å². The lowest BCUT2D eigenvalue weighted by atomic mass is 10.0. The first kappa shape index (κ1) is 16.0. The van der Waals surface area contributed by atoms with Crippen LogP contribution in [0.3, 0.4) is 0 Å². The van der Waals surface area contributed by atoms with Gasteiger partial charge in [-0.3, -0.25) is 4.98 Å². The van der Waals surface area contributed by atoms with Crippen molar-refractivity contribution in [3.63, 3.8) is 0 Å². The summed E-state index contributed by atoms with van der Waals surface area (Å²) >= 11 is 3.57. The number of nitrogens with zero attached hydrogens (tertiary/aromatic N) is 2. The Hall–Kier alpha value is -1.39. The quantitative estimate of drug-likeness (QED) is 0.861. The molecular weight excluding hydrogens is 326 g/mol. The molecule has 0 bridgehead atoms. The minimum absolute atomic E-state index is 0.320. The Morgan fingerprint density at radius 1 is 1.24 bits per heavy atom. The smallest absolute Gasteiger partial charge is 0.0412 e. The van der Waals surface area contributed by atoms with E-state index in [2.05, 4.69) is 75.4 Å². The summed E-state index contributed by atoms with van der Waals surface area (Å²) in [6, 6.07) is 10.9. The number of hydrogen-bond donors (Lipinski definition) is 1. The van der Waals surface area contributed by atoms with Crippen molar-refractivity contribution in [2.75, 3.05) is 25.5 Å². The SMILES string of the molecule is CNC(C)c1cc(Br)ccc1N(C)CCc1ccncc1. The van der Waals surface area contributed by atoms with Crippen molar-refractivity contribution >= 4 is 21.6 Å². The second-order valence-corrected chi connectivity index (χ2v) is 6.16. The van der Waals surface area contributed by atoms with E-state index in [1.807, 2.05) is 19.4 Å². The number of anilines is 1. The molecule has 4 heteroatoms. The predicted molar refractivity (Wildman–Crippen MR) is 92.8 cm³/mol. The van der Waals surface area contributed by atoms with Gasteiger partial charge in [0.15, 0.2) is 0 Å². The van der Waals surface area contributed by atoms with Crippen LogP contribution in [0.25, 0.3) is 0 Å². The summed E-state index contributed by atoms with van der Waals surface area (Å²) < 4.78 is 1.12. The van der Waals surface area contributed by atoms with Gasteiger partial charge in [0.2, 0.25) is 0 Å². The number of halogens is 1. The molecule has 0 fully saturated rings. The van der Waals surface area contributed by atoms with E-state index in [-0.39, 0.29) is 0 Å². The van der Waals surface area contributed by atoms with E-state index in [0.29, 0.717) is 6.04 Å². The number of likely N-dealkylation sites (N-methyl/N-ethyl adjacent to an activating group) is 1. The first-order valence-corrected chi connectivity index (χ1v) is 7.98. The molecule has 1 aromatic heterocycles. The average Bonchev–Trinajstić information content (AvgIpc) is 2.52. The van der Waals surface area contributed by atoms with Gasteiger partial charge >= 0.3 is 0 Å². The molecule has 112 valence electrons. The maximum absolute atomic E-state index is 4.06. The van der Waals surface area contributed by atoms with Gasteiger partial charge in [0, 0.05) is 42.2 Å². The van der Waals surface area contributed by atoms with Crippen molar-refractivity contribution in [3.8, 4) is 0 Å². The van der Waals surface area contributed by atoms with Crippen LogP contribution in [0.1, 0.15) is 24.1 Å². The summed E-state index contributed by atoms with van der Waals surface area (Å²) in [4.78, 5) is 6.38.